The van der Waals surface area contributed by atoms with Gasteiger partial charge in [0.2, 0.25) is 0 Å². The average molecular weight is 414 g/mol. The first-order chi connectivity index (χ1) is 13.4. The number of ether oxygens (including phenoxy) is 1. The molecule has 28 heavy (non-hydrogen) atoms. The van der Waals surface area contributed by atoms with Crippen LogP contribution in [0.2, 0.25) is 10.0 Å². The molecule has 0 N–H and O–H groups in total. The van der Waals surface area contributed by atoms with E-state index in [1.54, 1.807) is 31.4 Å². The van der Waals surface area contributed by atoms with E-state index in [0.29, 0.717) is 28.1 Å². The summed E-state index contributed by atoms with van der Waals surface area (Å²) in [6, 6.07) is 14.3. The van der Waals surface area contributed by atoms with Crippen molar-refractivity contribution in [3.05, 3.63) is 86.5 Å². The summed E-state index contributed by atoms with van der Waals surface area (Å²) in [5.74, 6) is 2.10. The summed E-state index contributed by atoms with van der Waals surface area (Å²) >= 11 is 12.4. The highest BCUT2D eigenvalue weighted by Gasteiger charge is 2.11. The first kappa shape index (κ1) is 18.6. The maximum Gasteiger partial charge on any atom is 0.250 e. The maximum absolute atomic E-state index is 11.5. The number of hydrogen-bond acceptors (Lipinski definition) is 3. The minimum atomic E-state index is -0.0863. The van der Waals surface area contributed by atoms with Crippen molar-refractivity contribution in [2.24, 2.45) is 7.05 Å². The van der Waals surface area contributed by atoms with Crippen LogP contribution in [0.15, 0.2) is 59.5 Å². The molecule has 0 bridgehead atoms. The van der Waals surface area contributed by atoms with Crippen LogP contribution in [-0.4, -0.2) is 14.1 Å². The maximum atomic E-state index is 11.5. The summed E-state index contributed by atoms with van der Waals surface area (Å²) in [4.78, 5) is 16.2. The van der Waals surface area contributed by atoms with E-state index in [9.17, 15) is 4.79 Å². The Balaban J connectivity index is 1.67. The second-order valence-corrected chi connectivity index (χ2v) is 7.39. The highest BCUT2D eigenvalue weighted by atomic mass is 35.5. The molecule has 7 heteroatoms. The summed E-state index contributed by atoms with van der Waals surface area (Å²) in [6.07, 6.45) is 1.65. The SMILES string of the molecule is Cc1nc2cc(Oc3ccc(=O)n(C)c3)ccc2n1Cc1cc(Cl)ccc1Cl. The van der Waals surface area contributed by atoms with Crippen molar-refractivity contribution in [1.29, 1.82) is 0 Å². The third-order valence-electron chi connectivity index (χ3n) is 4.54. The lowest BCUT2D eigenvalue weighted by atomic mass is 10.2. The van der Waals surface area contributed by atoms with Gasteiger partial charge in [-0.05, 0) is 48.9 Å². The highest BCUT2D eigenvalue weighted by molar-refractivity contribution is 6.33. The monoisotopic (exact) mass is 413 g/mol. The zero-order valence-corrected chi connectivity index (χ0v) is 16.8. The van der Waals surface area contributed by atoms with Gasteiger partial charge in [-0.2, -0.15) is 0 Å². The Morgan fingerprint density at radius 3 is 2.61 bits per heavy atom. The second-order valence-electron chi connectivity index (χ2n) is 6.55. The number of aryl methyl sites for hydroxylation is 2. The summed E-state index contributed by atoms with van der Waals surface area (Å²) < 4.78 is 9.44. The van der Waals surface area contributed by atoms with Crippen molar-refractivity contribution in [3.63, 3.8) is 0 Å². The summed E-state index contributed by atoms with van der Waals surface area (Å²) in [5, 5.41) is 1.31. The van der Waals surface area contributed by atoms with E-state index >= 15 is 0 Å². The number of aromatic nitrogens is 3. The van der Waals surface area contributed by atoms with Crippen molar-refractivity contribution >= 4 is 34.2 Å². The molecule has 142 valence electrons. The Kier molecular flexibility index (Phi) is 4.87. The van der Waals surface area contributed by atoms with E-state index in [4.69, 9.17) is 27.9 Å². The first-order valence-corrected chi connectivity index (χ1v) is 9.41. The van der Waals surface area contributed by atoms with Crippen molar-refractivity contribution in [1.82, 2.24) is 14.1 Å². The Labute approximate surface area is 171 Å². The van der Waals surface area contributed by atoms with Gasteiger partial charge in [-0.15, -0.1) is 0 Å². The third-order valence-corrected chi connectivity index (χ3v) is 5.14. The van der Waals surface area contributed by atoms with Crippen LogP contribution in [-0.2, 0) is 13.6 Å². The molecule has 0 saturated heterocycles. The van der Waals surface area contributed by atoms with Crippen LogP contribution < -0.4 is 10.3 Å². The molecular weight excluding hydrogens is 397 g/mol. The zero-order chi connectivity index (χ0) is 19.8. The van der Waals surface area contributed by atoms with Gasteiger partial charge >= 0.3 is 0 Å². The Bertz CT molecular complexity index is 1240. The lowest BCUT2D eigenvalue weighted by Crippen LogP contribution is -2.13. The van der Waals surface area contributed by atoms with Gasteiger partial charge in [-0.25, -0.2) is 4.98 Å². The van der Waals surface area contributed by atoms with Gasteiger partial charge in [-0.3, -0.25) is 4.79 Å². The molecule has 5 nitrogen and oxygen atoms in total. The first-order valence-electron chi connectivity index (χ1n) is 8.66. The van der Waals surface area contributed by atoms with Crippen LogP contribution >= 0.6 is 23.2 Å². The van der Waals surface area contributed by atoms with Crippen LogP contribution in [0, 0.1) is 6.92 Å². The van der Waals surface area contributed by atoms with Gasteiger partial charge in [0.25, 0.3) is 5.56 Å². The number of halogens is 2. The lowest BCUT2D eigenvalue weighted by molar-refractivity contribution is 0.476. The summed E-state index contributed by atoms with van der Waals surface area (Å²) in [7, 11) is 1.68. The molecule has 2 aromatic carbocycles. The number of fused-ring (bicyclic) bond motifs is 1. The fraction of sp³-hybridized carbons (Fsp3) is 0.143. The minimum absolute atomic E-state index is 0.0863. The van der Waals surface area contributed by atoms with Crippen LogP contribution in [0.4, 0.5) is 0 Å². The smallest absolute Gasteiger partial charge is 0.250 e. The van der Waals surface area contributed by atoms with E-state index in [1.807, 2.05) is 31.2 Å². The Morgan fingerprint density at radius 1 is 1.04 bits per heavy atom. The molecule has 0 radical (unpaired) electrons. The average Bonchev–Trinajstić information content (AvgIpc) is 2.96. The van der Waals surface area contributed by atoms with Gasteiger partial charge in [-0.1, -0.05) is 23.2 Å². The molecule has 0 fully saturated rings. The standard InChI is InChI=1S/C21H17Cl2N3O2/c1-13-24-19-10-16(28-17-5-8-21(27)25(2)12-17)4-7-20(19)26(13)11-14-9-15(22)3-6-18(14)23/h3-10,12H,11H2,1-2H3. The van der Waals surface area contributed by atoms with E-state index in [2.05, 4.69) is 9.55 Å². The van der Waals surface area contributed by atoms with Gasteiger partial charge in [0.05, 0.1) is 17.6 Å². The van der Waals surface area contributed by atoms with Crippen molar-refractivity contribution in [2.45, 2.75) is 13.5 Å². The molecule has 0 unspecified atom stereocenters. The van der Waals surface area contributed by atoms with Crippen LogP contribution in [0.5, 0.6) is 11.5 Å². The molecule has 2 heterocycles. The van der Waals surface area contributed by atoms with E-state index in [-0.39, 0.29) is 5.56 Å². The molecule has 0 aliphatic carbocycles. The van der Waals surface area contributed by atoms with Crippen LogP contribution in [0.3, 0.4) is 0 Å². The number of pyridine rings is 1. The predicted molar refractivity (Wildman–Crippen MR) is 112 cm³/mol. The van der Waals surface area contributed by atoms with Crippen molar-refractivity contribution in [2.75, 3.05) is 0 Å². The Hall–Kier alpha value is -2.76. The van der Waals surface area contributed by atoms with E-state index < -0.39 is 0 Å². The fourth-order valence-electron chi connectivity index (χ4n) is 3.09. The number of nitrogens with zero attached hydrogens (tertiary/aromatic N) is 3. The zero-order valence-electron chi connectivity index (χ0n) is 15.3. The topological polar surface area (TPSA) is 49.0 Å². The van der Waals surface area contributed by atoms with E-state index in [0.717, 1.165) is 22.4 Å². The van der Waals surface area contributed by atoms with E-state index in [1.165, 1.54) is 10.6 Å². The van der Waals surface area contributed by atoms with Crippen LogP contribution in [0.25, 0.3) is 11.0 Å². The van der Waals surface area contributed by atoms with Crippen molar-refractivity contribution in [3.8, 4) is 11.5 Å². The number of imidazole rings is 1. The van der Waals surface area contributed by atoms with Gasteiger partial charge in [0.1, 0.15) is 17.3 Å². The lowest BCUT2D eigenvalue weighted by Gasteiger charge is -2.10. The predicted octanol–water partition coefficient (Wildman–Crippen LogP) is 5.19. The largest absolute Gasteiger partial charge is 0.456 e. The molecule has 2 aromatic heterocycles. The summed E-state index contributed by atoms with van der Waals surface area (Å²) in [5.41, 5.74) is 2.64. The van der Waals surface area contributed by atoms with Crippen LogP contribution in [0.1, 0.15) is 11.4 Å². The number of benzene rings is 2. The number of rotatable bonds is 4. The molecule has 4 rings (SSSR count). The Morgan fingerprint density at radius 2 is 1.82 bits per heavy atom. The fourth-order valence-corrected chi connectivity index (χ4v) is 3.46. The molecule has 0 spiro atoms. The van der Waals surface area contributed by atoms with Gasteiger partial charge in [0.15, 0.2) is 0 Å². The van der Waals surface area contributed by atoms with Gasteiger partial charge < -0.3 is 13.9 Å². The number of hydrogen-bond donors (Lipinski definition) is 0. The summed E-state index contributed by atoms with van der Waals surface area (Å²) in [6.45, 7) is 2.52. The second kappa shape index (κ2) is 7.34. The molecule has 0 saturated carbocycles. The minimum Gasteiger partial charge on any atom is -0.456 e. The highest BCUT2D eigenvalue weighted by Crippen LogP contribution is 2.28. The molecule has 0 atom stereocenters. The molecule has 4 aromatic rings. The van der Waals surface area contributed by atoms with Gasteiger partial charge in [0, 0.05) is 35.4 Å². The molecule has 0 aliphatic rings. The molecule has 0 aliphatic heterocycles. The third kappa shape index (κ3) is 3.63. The quantitative estimate of drug-likeness (QED) is 0.462. The normalized spacial score (nSPS) is 11.1. The van der Waals surface area contributed by atoms with Crippen molar-refractivity contribution < 1.29 is 4.74 Å². The molecule has 0 amide bonds. The molecular formula is C21H17Cl2N3O2.